The molecule has 0 unspecified atom stereocenters. The van der Waals surface area contributed by atoms with Gasteiger partial charge in [0.2, 0.25) is 0 Å². The number of allylic oxidation sites excluding steroid dienone is 2. The molecule has 0 amide bonds. The average molecular weight is 291 g/mol. The van der Waals surface area contributed by atoms with Crippen molar-refractivity contribution in [3.05, 3.63) is 71.3 Å². The van der Waals surface area contributed by atoms with Crippen molar-refractivity contribution >= 4 is 29.4 Å². The molecule has 0 aromatic heterocycles. The van der Waals surface area contributed by atoms with Gasteiger partial charge in [-0.2, -0.15) is 0 Å². The Kier molecular flexibility index (Phi) is 3.79. The van der Waals surface area contributed by atoms with Crippen LogP contribution in [0, 0.1) is 0 Å². The largest absolute Gasteiger partial charge is 0.480 e. The number of rotatable bonds is 4. The van der Waals surface area contributed by atoms with Gasteiger partial charge in [0, 0.05) is 12.7 Å². The molecule has 2 aromatic rings. The number of carboxylic acids is 1. The Hall–Kier alpha value is -2.81. The first-order chi connectivity index (χ1) is 10.6. The van der Waals surface area contributed by atoms with Crippen LogP contribution in [0.2, 0.25) is 0 Å². The van der Waals surface area contributed by atoms with Gasteiger partial charge in [0.25, 0.3) is 0 Å². The maximum Gasteiger partial charge on any atom is 0.323 e. The second kappa shape index (κ2) is 5.90. The third kappa shape index (κ3) is 2.93. The van der Waals surface area contributed by atoms with Crippen LogP contribution >= 0.6 is 0 Å². The van der Waals surface area contributed by atoms with Gasteiger partial charge >= 0.3 is 5.97 Å². The van der Waals surface area contributed by atoms with Gasteiger partial charge in [-0.1, -0.05) is 48.6 Å². The van der Waals surface area contributed by atoms with E-state index in [4.69, 9.17) is 5.11 Å². The molecular formula is C19H17NO2. The van der Waals surface area contributed by atoms with Gasteiger partial charge in [0.1, 0.15) is 6.54 Å². The van der Waals surface area contributed by atoms with E-state index >= 15 is 0 Å². The van der Waals surface area contributed by atoms with Gasteiger partial charge in [-0.25, -0.2) is 0 Å². The lowest BCUT2D eigenvalue weighted by molar-refractivity contribution is -0.135. The van der Waals surface area contributed by atoms with Crippen molar-refractivity contribution in [2.24, 2.45) is 0 Å². The summed E-state index contributed by atoms with van der Waals surface area (Å²) in [6.45, 7) is -0.00342. The second-order valence-electron chi connectivity index (χ2n) is 5.36. The summed E-state index contributed by atoms with van der Waals surface area (Å²) in [6, 6.07) is 16.2. The normalized spacial score (nSPS) is 14.1. The molecule has 1 N–H and O–H groups in total. The molecule has 1 aliphatic rings. The molecule has 0 aliphatic heterocycles. The van der Waals surface area contributed by atoms with E-state index in [2.05, 4.69) is 30.4 Å². The first-order valence-electron chi connectivity index (χ1n) is 7.16. The highest BCUT2D eigenvalue weighted by Gasteiger charge is 2.09. The van der Waals surface area contributed by atoms with E-state index in [1.54, 1.807) is 11.9 Å². The number of hydrogen-bond acceptors (Lipinski definition) is 2. The van der Waals surface area contributed by atoms with Crippen LogP contribution in [0.15, 0.2) is 54.6 Å². The number of aliphatic carboxylic acids is 1. The van der Waals surface area contributed by atoms with Crippen molar-refractivity contribution in [3.8, 4) is 0 Å². The van der Waals surface area contributed by atoms with Crippen LogP contribution in [0.3, 0.4) is 0 Å². The molecule has 0 radical (unpaired) electrons. The summed E-state index contributed by atoms with van der Waals surface area (Å²) in [7, 11) is 1.78. The topological polar surface area (TPSA) is 40.5 Å². The minimum atomic E-state index is -0.832. The zero-order valence-electron chi connectivity index (χ0n) is 12.4. The molecule has 0 saturated carbocycles. The highest BCUT2D eigenvalue weighted by Crippen LogP contribution is 2.30. The van der Waals surface area contributed by atoms with E-state index in [9.17, 15) is 4.79 Å². The van der Waals surface area contributed by atoms with Crippen molar-refractivity contribution in [2.75, 3.05) is 18.5 Å². The third-order valence-electron chi connectivity index (χ3n) is 3.74. The quantitative estimate of drug-likeness (QED) is 0.932. The summed E-state index contributed by atoms with van der Waals surface area (Å²) in [5.74, 6) is -0.832. The van der Waals surface area contributed by atoms with E-state index in [-0.39, 0.29) is 6.54 Å². The fourth-order valence-electron chi connectivity index (χ4n) is 2.60. The molecule has 0 heterocycles. The van der Waals surface area contributed by atoms with E-state index in [1.165, 1.54) is 16.7 Å². The smallest absolute Gasteiger partial charge is 0.323 e. The molecule has 0 bridgehead atoms. The van der Waals surface area contributed by atoms with Crippen LogP contribution in [0.5, 0.6) is 0 Å². The Bertz CT molecular complexity index is 757. The minimum absolute atomic E-state index is 0.00342. The van der Waals surface area contributed by atoms with Gasteiger partial charge in [0.05, 0.1) is 0 Å². The van der Waals surface area contributed by atoms with Crippen LogP contribution in [0.4, 0.5) is 5.69 Å². The molecule has 22 heavy (non-hydrogen) atoms. The van der Waals surface area contributed by atoms with Crippen molar-refractivity contribution in [1.82, 2.24) is 0 Å². The van der Waals surface area contributed by atoms with Crippen molar-refractivity contribution < 1.29 is 9.90 Å². The molecule has 0 atom stereocenters. The second-order valence-corrected chi connectivity index (χ2v) is 5.36. The SMILES string of the molecule is CN(CC(=O)O)c1ccc(/C=C2\C=Cc3ccccc32)cc1. The summed E-state index contributed by atoms with van der Waals surface area (Å²) < 4.78 is 0. The van der Waals surface area contributed by atoms with Gasteiger partial charge in [-0.05, 0) is 40.5 Å². The molecular weight excluding hydrogens is 274 g/mol. The number of likely N-dealkylation sites (N-methyl/N-ethyl adjacent to an activating group) is 1. The molecule has 3 rings (SSSR count). The zero-order chi connectivity index (χ0) is 15.5. The fraction of sp³-hybridized carbons (Fsp3) is 0.105. The zero-order valence-corrected chi connectivity index (χ0v) is 12.4. The van der Waals surface area contributed by atoms with Crippen LogP contribution in [-0.4, -0.2) is 24.7 Å². The predicted octanol–water partition coefficient (Wildman–Crippen LogP) is 3.77. The average Bonchev–Trinajstić information content (AvgIpc) is 2.91. The number of benzene rings is 2. The van der Waals surface area contributed by atoms with Crippen molar-refractivity contribution in [1.29, 1.82) is 0 Å². The lowest BCUT2D eigenvalue weighted by atomic mass is 10.0. The van der Waals surface area contributed by atoms with E-state index < -0.39 is 5.97 Å². The highest BCUT2D eigenvalue weighted by molar-refractivity contribution is 5.97. The number of fused-ring (bicyclic) bond motifs is 1. The maximum absolute atomic E-state index is 10.7. The minimum Gasteiger partial charge on any atom is -0.480 e. The number of carbonyl (C=O) groups is 1. The van der Waals surface area contributed by atoms with Crippen molar-refractivity contribution in [2.45, 2.75) is 0 Å². The van der Waals surface area contributed by atoms with E-state index in [1.807, 2.05) is 36.4 Å². The molecule has 3 heteroatoms. The fourth-order valence-corrected chi connectivity index (χ4v) is 2.60. The lowest BCUT2D eigenvalue weighted by Gasteiger charge is -2.16. The van der Waals surface area contributed by atoms with Crippen LogP contribution in [-0.2, 0) is 4.79 Å². The molecule has 0 fully saturated rings. The summed E-state index contributed by atoms with van der Waals surface area (Å²) >= 11 is 0. The molecule has 3 nitrogen and oxygen atoms in total. The first kappa shape index (κ1) is 14.1. The monoisotopic (exact) mass is 291 g/mol. The molecule has 110 valence electrons. The summed E-state index contributed by atoms with van der Waals surface area (Å²) in [5, 5.41) is 8.82. The van der Waals surface area contributed by atoms with Crippen LogP contribution in [0.1, 0.15) is 16.7 Å². The Labute approximate surface area is 129 Å². The lowest BCUT2D eigenvalue weighted by Crippen LogP contribution is -2.24. The van der Waals surface area contributed by atoms with E-state index in [0.717, 1.165) is 11.3 Å². The predicted molar refractivity (Wildman–Crippen MR) is 90.7 cm³/mol. The van der Waals surface area contributed by atoms with Gasteiger partial charge in [-0.3, -0.25) is 4.79 Å². The van der Waals surface area contributed by atoms with Crippen LogP contribution < -0.4 is 4.90 Å². The number of carboxylic acid groups (broad SMARTS) is 1. The van der Waals surface area contributed by atoms with Gasteiger partial charge in [0.15, 0.2) is 0 Å². The van der Waals surface area contributed by atoms with Gasteiger partial charge < -0.3 is 10.0 Å². The summed E-state index contributed by atoms with van der Waals surface area (Å²) in [6.07, 6.45) is 6.38. The van der Waals surface area contributed by atoms with Crippen molar-refractivity contribution in [3.63, 3.8) is 0 Å². The molecule has 0 saturated heterocycles. The molecule has 1 aliphatic carbocycles. The molecule has 0 spiro atoms. The van der Waals surface area contributed by atoms with E-state index in [0.29, 0.717) is 0 Å². The standard InChI is InChI=1S/C19H17NO2/c1-20(13-19(21)22)17-10-6-14(7-11-17)12-16-9-8-15-4-2-3-5-18(15)16/h2-12H,13H2,1H3,(H,21,22)/b16-12+. The summed E-state index contributed by atoms with van der Waals surface area (Å²) in [5.41, 5.74) is 5.68. The number of nitrogens with zero attached hydrogens (tertiary/aromatic N) is 1. The molecule has 2 aromatic carbocycles. The Morgan fingerprint density at radius 1 is 1.09 bits per heavy atom. The number of hydrogen-bond donors (Lipinski definition) is 1. The Morgan fingerprint density at radius 3 is 2.55 bits per heavy atom. The summed E-state index contributed by atoms with van der Waals surface area (Å²) in [4.78, 5) is 12.5. The Morgan fingerprint density at radius 2 is 1.82 bits per heavy atom. The van der Waals surface area contributed by atoms with Gasteiger partial charge in [-0.15, -0.1) is 0 Å². The Balaban J connectivity index is 1.82. The highest BCUT2D eigenvalue weighted by atomic mass is 16.4. The van der Waals surface area contributed by atoms with Crippen LogP contribution in [0.25, 0.3) is 17.7 Å². The third-order valence-corrected chi connectivity index (χ3v) is 3.74. The maximum atomic E-state index is 10.7. The first-order valence-corrected chi connectivity index (χ1v) is 7.16. The number of anilines is 1.